The van der Waals surface area contributed by atoms with Crippen LogP contribution in [0.5, 0.6) is 0 Å². The van der Waals surface area contributed by atoms with Crippen molar-refractivity contribution in [2.45, 2.75) is 4.34 Å². The lowest BCUT2D eigenvalue weighted by atomic mass is 10.2. The summed E-state index contributed by atoms with van der Waals surface area (Å²) in [6.45, 7) is 0. The second-order valence-electron chi connectivity index (χ2n) is 4.99. The van der Waals surface area contributed by atoms with Gasteiger partial charge in [-0.25, -0.2) is 10.4 Å². The predicted molar refractivity (Wildman–Crippen MR) is 104 cm³/mol. The molecule has 0 unspecified atom stereocenters. The van der Waals surface area contributed by atoms with E-state index in [0.717, 1.165) is 14.6 Å². The summed E-state index contributed by atoms with van der Waals surface area (Å²) < 4.78 is 1.84. The molecule has 0 fully saturated rings. The van der Waals surface area contributed by atoms with Crippen molar-refractivity contribution < 1.29 is 9.72 Å². The fraction of sp³-hybridized carbons (Fsp3) is 0.0625. The normalized spacial score (nSPS) is 11.1. The molecule has 0 radical (unpaired) electrons. The zero-order valence-corrected chi connectivity index (χ0v) is 15.5. The van der Waals surface area contributed by atoms with Crippen LogP contribution in [0, 0.1) is 10.1 Å². The van der Waals surface area contributed by atoms with Gasteiger partial charge in [-0.1, -0.05) is 35.5 Å². The molecule has 0 atom stereocenters. The molecule has 1 aromatic heterocycles. The first-order valence-corrected chi connectivity index (χ1v) is 9.45. The number of aromatic nitrogens is 1. The molecule has 2 aromatic carbocycles. The first-order chi connectivity index (χ1) is 12.5. The molecular weight excluding hydrogens is 396 g/mol. The Morgan fingerprint density at radius 1 is 1.38 bits per heavy atom. The summed E-state index contributed by atoms with van der Waals surface area (Å²) in [4.78, 5) is 26.7. The molecule has 26 heavy (non-hydrogen) atoms. The molecule has 3 rings (SSSR count). The van der Waals surface area contributed by atoms with Gasteiger partial charge in [0, 0.05) is 11.1 Å². The molecule has 0 spiro atoms. The molecule has 0 saturated carbocycles. The Labute approximate surface area is 161 Å². The molecule has 0 aliphatic heterocycles. The number of hydrazone groups is 1. The maximum Gasteiger partial charge on any atom is 0.278 e. The highest BCUT2D eigenvalue weighted by atomic mass is 35.5. The lowest BCUT2D eigenvalue weighted by Gasteiger charge is -1.99. The van der Waals surface area contributed by atoms with Gasteiger partial charge >= 0.3 is 0 Å². The third-order valence-electron chi connectivity index (χ3n) is 3.18. The summed E-state index contributed by atoms with van der Waals surface area (Å²) >= 11 is 8.65. The van der Waals surface area contributed by atoms with Crippen molar-refractivity contribution in [3.05, 3.63) is 63.2 Å². The number of hydrogen-bond donors (Lipinski definition) is 1. The first-order valence-electron chi connectivity index (χ1n) is 7.27. The molecule has 7 nitrogen and oxygen atoms in total. The van der Waals surface area contributed by atoms with E-state index >= 15 is 0 Å². The van der Waals surface area contributed by atoms with Crippen molar-refractivity contribution >= 4 is 62.7 Å². The number of nitrogens with zero attached hydrogens (tertiary/aromatic N) is 3. The standard InChI is InChI=1S/C16H11ClN4O3S2/c17-11-5-6-13(21(23)24)10(7-11)8-18-20-15(22)9-25-16-19-12-3-1-2-4-14(12)26-16/h1-8H,9H2,(H,20,22)/b18-8+. The van der Waals surface area contributed by atoms with E-state index in [0.29, 0.717) is 5.02 Å². The lowest BCUT2D eigenvalue weighted by Crippen LogP contribution is -2.19. The lowest BCUT2D eigenvalue weighted by molar-refractivity contribution is -0.385. The fourth-order valence-electron chi connectivity index (χ4n) is 2.04. The van der Waals surface area contributed by atoms with Crippen LogP contribution < -0.4 is 5.43 Å². The highest BCUT2D eigenvalue weighted by Crippen LogP contribution is 2.29. The largest absolute Gasteiger partial charge is 0.278 e. The van der Waals surface area contributed by atoms with E-state index in [1.807, 2.05) is 24.3 Å². The van der Waals surface area contributed by atoms with Gasteiger partial charge in [0.2, 0.25) is 0 Å². The zero-order valence-electron chi connectivity index (χ0n) is 13.1. The zero-order chi connectivity index (χ0) is 18.5. The van der Waals surface area contributed by atoms with Crippen LogP contribution in [0.3, 0.4) is 0 Å². The number of benzene rings is 2. The Hall–Kier alpha value is -2.49. The van der Waals surface area contributed by atoms with Crippen molar-refractivity contribution in [2.24, 2.45) is 5.10 Å². The Morgan fingerprint density at radius 2 is 2.19 bits per heavy atom. The minimum atomic E-state index is -0.539. The number of thiazole rings is 1. The monoisotopic (exact) mass is 406 g/mol. The molecular formula is C16H11ClN4O3S2. The average molecular weight is 407 g/mol. The van der Waals surface area contributed by atoms with Crippen molar-refractivity contribution in [2.75, 3.05) is 5.75 Å². The number of thioether (sulfide) groups is 1. The third-order valence-corrected chi connectivity index (χ3v) is 5.59. The first kappa shape index (κ1) is 18.3. The molecule has 132 valence electrons. The molecule has 10 heteroatoms. The van der Waals surface area contributed by atoms with Crippen LogP contribution in [0.2, 0.25) is 5.02 Å². The third kappa shape index (κ3) is 4.57. The summed E-state index contributed by atoms with van der Waals surface area (Å²) in [6.07, 6.45) is 1.20. The Morgan fingerprint density at radius 3 is 2.96 bits per heavy atom. The minimum absolute atomic E-state index is 0.134. The van der Waals surface area contributed by atoms with Crippen molar-refractivity contribution in [1.82, 2.24) is 10.4 Å². The van der Waals surface area contributed by atoms with E-state index in [1.54, 1.807) is 0 Å². The van der Waals surface area contributed by atoms with Crippen LogP contribution in [0.4, 0.5) is 5.69 Å². The quantitative estimate of drug-likeness (QED) is 0.287. The van der Waals surface area contributed by atoms with Crippen LogP contribution >= 0.6 is 34.7 Å². The predicted octanol–water partition coefficient (Wildman–Crippen LogP) is 4.10. The SMILES string of the molecule is O=C(CSc1nc2ccccc2s1)N/N=C/c1cc(Cl)ccc1[N+](=O)[O-]. The van der Waals surface area contributed by atoms with Gasteiger partial charge < -0.3 is 0 Å². The maximum atomic E-state index is 11.9. The van der Waals surface area contributed by atoms with Gasteiger partial charge in [0.05, 0.1) is 32.7 Å². The summed E-state index contributed by atoms with van der Waals surface area (Å²) in [6, 6.07) is 11.8. The summed E-state index contributed by atoms with van der Waals surface area (Å²) in [7, 11) is 0. The summed E-state index contributed by atoms with van der Waals surface area (Å²) in [5.74, 6) is -0.204. The number of para-hydroxylation sites is 1. The molecule has 0 aliphatic rings. The molecule has 1 N–H and O–H groups in total. The van der Waals surface area contributed by atoms with Crippen LogP contribution in [0.1, 0.15) is 5.56 Å². The van der Waals surface area contributed by atoms with Gasteiger partial charge in [-0.2, -0.15) is 5.10 Å². The van der Waals surface area contributed by atoms with Gasteiger partial charge in [0.15, 0.2) is 4.34 Å². The van der Waals surface area contributed by atoms with Gasteiger partial charge in [0.1, 0.15) is 0 Å². The maximum absolute atomic E-state index is 11.9. The van der Waals surface area contributed by atoms with Crippen molar-refractivity contribution in [3.63, 3.8) is 0 Å². The van der Waals surface area contributed by atoms with Gasteiger partial charge in [-0.15, -0.1) is 11.3 Å². The molecule has 0 bridgehead atoms. The van der Waals surface area contributed by atoms with E-state index < -0.39 is 4.92 Å². The number of halogens is 1. The highest BCUT2D eigenvalue weighted by Gasteiger charge is 2.12. The number of hydrogen-bond acceptors (Lipinski definition) is 7. The van der Waals surface area contributed by atoms with Gasteiger partial charge in [-0.3, -0.25) is 14.9 Å². The Bertz CT molecular complexity index is 973. The number of carbonyl (C=O) groups excluding carboxylic acids is 1. The molecule has 3 aromatic rings. The number of carbonyl (C=O) groups is 1. The van der Waals surface area contributed by atoms with Crippen LogP contribution in [-0.4, -0.2) is 27.8 Å². The molecule has 0 saturated heterocycles. The molecule has 1 heterocycles. The van der Waals surface area contributed by atoms with E-state index in [9.17, 15) is 14.9 Å². The van der Waals surface area contributed by atoms with E-state index in [1.165, 1.54) is 47.5 Å². The number of fused-ring (bicyclic) bond motifs is 1. The number of nitro groups is 1. The number of rotatable bonds is 6. The van der Waals surface area contributed by atoms with E-state index in [-0.39, 0.29) is 22.9 Å². The molecule has 0 aliphatic carbocycles. The summed E-state index contributed by atoms with van der Waals surface area (Å²) in [5, 5.41) is 15.1. The van der Waals surface area contributed by atoms with Crippen LogP contribution in [-0.2, 0) is 4.79 Å². The van der Waals surface area contributed by atoms with E-state index in [4.69, 9.17) is 11.6 Å². The highest BCUT2D eigenvalue weighted by molar-refractivity contribution is 8.01. The van der Waals surface area contributed by atoms with Gasteiger partial charge in [0.25, 0.3) is 11.6 Å². The van der Waals surface area contributed by atoms with Crippen molar-refractivity contribution in [3.8, 4) is 0 Å². The smallest absolute Gasteiger partial charge is 0.272 e. The topological polar surface area (TPSA) is 97.5 Å². The van der Waals surface area contributed by atoms with Crippen LogP contribution in [0.15, 0.2) is 51.9 Å². The summed E-state index contributed by atoms with van der Waals surface area (Å²) in [5.41, 5.74) is 3.30. The van der Waals surface area contributed by atoms with E-state index in [2.05, 4.69) is 15.5 Å². The van der Waals surface area contributed by atoms with Gasteiger partial charge in [-0.05, 0) is 24.3 Å². The fourth-order valence-corrected chi connectivity index (χ4v) is 4.08. The Kier molecular flexibility index (Phi) is 5.82. The molecule has 1 amide bonds. The number of nitrogens with one attached hydrogen (secondary N) is 1. The number of amides is 1. The van der Waals surface area contributed by atoms with Crippen LogP contribution in [0.25, 0.3) is 10.2 Å². The second-order valence-corrected chi connectivity index (χ2v) is 7.68. The number of nitro benzene ring substituents is 1. The minimum Gasteiger partial charge on any atom is -0.272 e. The average Bonchev–Trinajstić information content (AvgIpc) is 3.03. The Balaban J connectivity index is 1.58. The van der Waals surface area contributed by atoms with Crippen molar-refractivity contribution in [1.29, 1.82) is 0 Å². The second kappa shape index (κ2) is 8.26.